The van der Waals surface area contributed by atoms with Gasteiger partial charge >= 0.3 is 0 Å². The van der Waals surface area contributed by atoms with Crippen LogP contribution in [0.15, 0.2) is 60.7 Å². The molecule has 2 rings (SSSR count). The molecule has 118 valence electrons. The quantitative estimate of drug-likeness (QED) is 0.497. The van der Waals surface area contributed by atoms with Crippen molar-refractivity contribution in [3.8, 4) is 0 Å². The summed E-state index contributed by atoms with van der Waals surface area (Å²) in [6, 6.07) is 21.7. The van der Waals surface area contributed by atoms with Gasteiger partial charge in [-0.25, -0.2) is 0 Å². The Morgan fingerprint density at radius 3 is 1.86 bits per heavy atom. The van der Waals surface area contributed by atoms with Crippen molar-refractivity contribution in [1.82, 2.24) is 0 Å². The molecule has 0 bridgehead atoms. The number of benzene rings is 2. The topological polar surface area (TPSA) is 9.23 Å². The van der Waals surface area contributed by atoms with Crippen LogP contribution in [0, 0.1) is 0 Å². The van der Waals surface area contributed by atoms with Gasteiger partial charge in [0.1, 0.15) is 0 Å². The van der Waals surface area contributed by atoms with Crippen LogP contribution >= 0.6 is 0 Å². The average molecular weight is 313 g/mol. The zero-order chi connectivity index (χ0) is 15.8. The standard InChI is InChI=1S/C20H28OSi/c1-4-5-16-21-22-20(2,3)19(17-12-8-6-9-13-17)18-14-10-7-11-15-18/h6-15,19H,4-5,16,22H2,1-3H3. The van der Waals surface area contributed by atoms with Crippen LogP contribution in [0.3, 0.4) is 0 Å². The van der Waals surface area contributed by atoms with Gasteiger partial charge in [0.2, 0.25) is 0 Å². The monoisotopic (exact) mass is 312 g/mol. The predicted octanol–water partition coefficient (Wildman–Crippen LogP) is 4.92. The van der Waals surface area contributed by atoms with Crippen LogP contribution in [-0.2, 0) is 4.43 Å². The Hall–Kier alpha value is -1.38. The third kappa shape index (κ3) is 4.55. The maximum atomic E-state index is 6.10. The highest BCUT2D eigenvalue weighted by molar-refractivity contribution is 6.32. The smallest absolute Gasteiger partial charge is 0.168 e. The third-order valence-corrected chi connectivity index (χ3v) is 5.81. The van der Waals surface area contributed by atoms with Crippen molar-refractivity contribution in [1.29, 1.82) is 0 Å². The molecule has 0 saturated carbocycles. The molecule has 0 N–H and O–H groups in total. The zero-order valence-electron chi connectivity index (χ0n) is 14.1. The summed E-state index contributed by atoms with van der Waals surface area (Å²) in [6.07, 6.45) is 2.38. The van der Waals surface area contributed by atoms with E-state index in [2.05, 4.69) is 81.4 Å². The fourth-order valence-corrected chi connectivity index (χ4v) is 4.56. The summed E-state index contributed by atoms with van der Waals surface area (Å²) < 4.78 is 6.10. The Balaban J connectivity index is 2.24. The first-order valence-electron chi connectivity index (χ1n) is 8.33. The molecule has 2 heteroatoms. The van der Waals surface area contributed by atoms with Gasteiger partial charge in [0.05, 0.1) is 0 Å². The summed E-state index contributed by atoms with van der Waals surface area (Å²) >= 11 is 0. The van der Waals surface area contributed by atoms with Crippen molar-refractivity contribution in [3.05, 3.63) is 71.8 Å². The van der Waals surface area contributed by atoms with Crippen molar-refractivity contribution in [2.24, 2.45) is 0 Å². The maximum absolute atomic E-state index is 6.10. The highest BCUT2D eigenvalue weighted by atomic mass is 28.2. The maximum Gasteiger partial charge on any atom is 0.168 e. The Bertz CT molecular complexity index is 497. The van der Waals surface area contributed by atoms with Gasteiger partial charge in [-0.3, -0.25) is 0 Å². The first-order chi connectivity index (χ1) is 10.6. The lowest BCUT2D eigenvalue weighted by Gasteiger charge is -2.34. The molecule has 0 fully saturated rings. The highest BCUT2D eigenvalue weighted by Gasteiger charge is 2.32. The van der Waals surface area contributed by atoms with Gasteiger partial charge in [-0.2, -0.15) is 0 Å². The summed E-state index contributed by atoms with van der Waals surface area (Å²) in [6.45, 7) is 7.88. The van der Waals surface area contributed by atoms with Crippen molar-refractivity contribution in [2.75, 3.05) is 6.61 Å². The van der Waals surface area contributed by atoms with E-state index in [1.165, 1.54) is 24.0 Å². The van der Waals surface area contributed by atoms with E-state index in [4.69, 9.17) is 4.43 Å². The van der Waals surface area contributed by atoms with E-state index in [1.807, 2.05) is 0 Å². The molecule has 0 unspecified atom stereocenters. The Kier molecular flexibility index (Phi) is 6.41. The van der Waals surface area contributed by atoms with E-state index in [9.17, 15) is 0 Å². The van der Waals surface area contributed by atoms with Crippen LogP contribution in [-0.4, -0.2) is 16.4 Å². The first-order valence-corrected chi connectivity index (χ1v) is 9.61. The highest BCUT2D eigenvalue weighted by Crippen LogP contribution is 2.45. The lowest BCUT2D eigenvalue weighted by Crippen LogP contribution is -2.25. The zero-order valence-corrected chi connectivity index (χ0v) is 15.5. The summed E-state index contributed by atoms with van der Waals surface area (Å²) in [7, 11) is -0.616. The molecule has 2 aromatic rings. The molecular weight excluding hydrogens is 284 g/mol. The van der Waals surface area contributed by atoms with Crippen LogP contribution < -0.4 is 0 Å². The Morgan fingerprint density at radius 1 is 0.909 bits per heavy atom. The molecular formula is C20H28OSi. The molecule has 0 aromatic heterocycles. The second-order valence-corrected chi connectivity index (χ2v) is 9.17. The number of rotatable bonds is 8. The van der Waals surface area contributed by atoms with Gasteiger partial charge in [-0.15, -0.1) is 0 Å². The van der Waals surface area contributed by atoms with Crippen LogP contribution in [0.25, 0.3) is 0 Å². The van der Waals surface area contributed by atoms with Gasteiger partial charge in [-0.1, -0.05) is 87.9 Å². The van der Waals surface area contributed by atoms with E-state index in [0.29, 0.717) is 5.92 Å². The number of hydrogen-bond donors (Lipinski definition) is 0. The van der Waals surface area contributed by atoms with Gasteiger partial charge in [-0.05, 0) is 22.6 Å². The van der Waals surface area contributed by atoms with Crippen molar-refractivity contribution < 1.29 is 4.43 Å². The number of hydrogen-bond acceptors (Lipinski definition) is 1. The van der Waals surface area contributed by atoms with Crippen LogP contribution in [0.1, 0.15) is 50.7 Å². The molecule has 0 radical (unpaired) electrons. The molecule has 0 saturated heterocycles. The summed E-state index contributed by atoms with van der Waals surface area (Å²) in [4.78, 5) is 0. The molecule has 2 aromatic carbocycles. The molecule has 0 aliphatic rings. The van der Waals surface area contributed by atoms with Gasteiger partial charge in [0.15, 0.2) is 9.76 Å². The fraction of sp³-hybridized carbons (Fsp3) is 0.400. The van der Waals surface area contributed by atoms with Gasteiger partial charge in [0.25, 0.3) is 0 Å². The molecule has 0 spiro atoms. The predicted molar refractivity (Wildman–Crippen MR) is 98.2 cm³/mol. The SMILES string of the molecule is CCCCO[SiH2]C(C)(C)C(c1ccccc1)c1ccccc1. The molecule has 22 heavy (non-hydrogen) atoms. The normalized spacial score (nSPS) is 12.4. The van der Waals surface area contributed by atoms with Crippen molar-refractivity contribution >= 4 is 9.76 Å². The molecule has 0 aliphatic carbocycles. The summed E-state index contributed by atoms with van der Waals surface area (Å²) in [5.41, 5.74) is 2.79. The van der Waals surface area contributed by atoms with Crippen molar-refractivity contribution in [2.45, 2.75) is 44.6 Å². The third-order valence-electron chi connectivity index (χ3n) is 4.16. The van der Waals surface area contributed by atoms with Crippen molar-refractivity contribution in [3.63, 3.8) is 0 Å². The largest absolute Gasteiger partial charge is 0.423 e. The van der Waals surface area contributed by atoms with E-state index < -0.39 is 9.76 Å². The lowest BCUT2D eigenvalue weighted by molar-refractivity contribution is 0.305. The first kappa shape index (κ1) is 17.0. The molecule has 1 nitrogen and oxygen atoms in total. The average Bonchev–Trinajstić information content (AvgIpc) is 2.54. The summed E-state index contributed by atoms with van der Waals surface area (Å²) in [5, 5.41) is 0.191. The van der Waals surface area contributed by atoms with Gasteiger partial charge in [0, 0.05) is 12.5 Å². The second kappa shape index (κ2) is 8.30. The minimum Gasteiger partial charge on any atom is -0.423 e. The molecule has 0 aliphatic heterocycles. The van der Waals surface area contributed by atoms with E-state index in [1.54, 1.807) is 0 Å². The van der Waals surface area contributed by atoms with Crippen LogP contribution in [0.5, 0.6) is 0 Å². The van der Waals surface area contributed by atoms with E-state index in [-0.39, 0.29) is 5.04 Å². The van der Waals surface area contributed by atoms with Crippen LogP contribution in [0.4, 0.5) is 0 Å². The van der Waals surface area contributed by atoms with Gasteiger partial charge < -0.3 is 4.43 Å². The van der Waals surface area contributed by atoms with Crippen LogP contribution in [0.2, 0.25) is 5.04 Å². The van der Waals surface area contributed by atoms with E-state index in [0.717, 1.165) is 6.61 Å². The summed E-state index contributed by atoms with van der Waals surface area (Å²) in [5.74, 6) is 0.406. The Morgan fingerprint density at radius 2 is 1.41 bits per heavy atom. The Labute approximate surface area is 137 Å². The lowest BCUT2D eigenvalue weighted by atomic mass is 9.82. The fourth-order valence-electron chi connectivity index (χ4n) is 3.05. The second-order valence-electron chi connectivity index (χ2n) is 6.65. The minimum atomic E-state index is -0.616. The molecule has 0 amide bonds. The molecule has 0 heterocycles. The molecule has 0 atom stereocenters. The van der Waals surface area contributed by atoms with E-state index >= 15 is 0 Å². The minimum absolute atomic E-state index is 0.191. The number of unbranched alkanes of at least 4 members (excludes halogenated alkanes) is 1.